The lowest BCUT2D eigenvalue weighted by atomic mass is 10.1. The number of carbonyl (C=O) groups is 2. The molecule has 0 spiro atoms. The van der Waals surface area contributed by atoms with Crippen LogP contribution in [-0.4, -0.2) is 46.5 Å². The number of carboxylic acid groups (broad SMARTS) is 1. The molecular formula is C14H18N2O3S. The Bertz CT molecular complexity index is 482. The number of nitrogens with zero attached hydrogens (tertiary/aromatic N) is 1. The van der Waals surface area contributed by atoms with Crippen LogP contribution in [0.5, 0.6) is 0 Å². The van der Waals surface area contributed by atoms with Gasteiger partial charge < -0.3 is 10.4 Å². The van der Waals surface area contributed by atoms with Gasteiger partial charge in [-0.05, 0) is 17.4 Å². The van der Waals surface area contributed by atoms with Gasteiger partial charge in [-0.2, -0.15) is 11.8 Å². The molecule has 0 unspecified atom stereocenters. The highest BCUT2D eigenvalue weighted by Gasteiger charge is 2.23. The van der Waals surface area contributed by atoms with Crippen molar-refractivity contribution in [2.45, 2.75) is 19.1 Å². The smallest absolute Gasteiger partial charge is 0.327 e. The van der Waals surface area contributed by atoms with Crippen LogP contribution >= 0.6 is 11.8 Å². The second kappa shape index (κ2) is 6.76. The van der Waals surface area contributed by atoms with E-state index in [-0.39, 0.29) is 12.5 Å². The first kappa shape index (κ1) is 14.9. The van der Waals surface area contributed by atoms with Crippen LogP contribution in [0.4, 0.5) is 0 Å². The highest BCUT2D eigenvalue weighted by molar-refractivity contribution is 7.98. The maximum absolute atomic E-state index is 11.9. The third kappa shape index (κ3) is 3.74. The molecule has 2 N–H and O–H groups in total. The number of hydrogen-bond acceptors (Lipinski definition) is 4. The van der Waals surface area contributed by atoms with Crippen molar-refractivity contribution in [2.24, 2.45) is 0 Å². The van der Waals surface area contributed by atoms with Crippen molar-refractivity contribution in [3.8, 4) is 0 Å². The molecule has 5 nitrogen and oxygen atoms in total. The molecule has 1 aromatic carbocycles. The van der Waals surface area contributed by atoms with Gasteiger partial charge in [-0.1, -0.05) is 24.3 Å². The molecule has 1 amide bonds. The number of hydrogen-bond donors (Lipinski definition) is 2. The predicted octanol–water partition coefficient (Wildman–Crippen LogP) is 0.935. The van der Waals surface area contributed by atoms with Crippen molar-refractivity contribution in [3.05, 3.63) is 35.4 Å². The number of fused-ring (bicyclic) bond motifs is 1. The van der Waals surface area contributed by atoms with Crippen molar-refractivity contribution in [1.29, 1.82) is 0 Å². The Morgan fingerprint density at radius 2 is 1.95 bits per heavy atom. The summed E-state index contributed by atoms with van der Waals surface area (Å²) in [4.78, 5) is 24.9. The Labute approximate surface area is 122 Å². The molecule has 0 radical (unpaired) electrons. The Morgan fingerprint density at radius 1 is 1.35 bits per heavy atom. The minimum Gasteiger partial charge on any atom is -0.480 e. The van der Waals surface area contributed by atoms with Crippen LogP contribution in [0.2, 0.25) is 0 Å². The summed E-state index contributed by atoms with van der Waals surface area (Å²) in [5, 5.41) is 11.6. The van der Waals surface area contributed by atoms with E-state index in [4.69, 9.17) is 5.11 Å². The second-order valence-corrected chi connectivity index (χ2v) is 5.74. The minimum atomic E-state index is -0.989. The summed E-state index contributed by atoms with van der Waals surface area (Å²) >= 11 is 1.40. The summed E-state index contributed by atoms with van der Waals surface area (Å²) < 4.78 is 0. The Balaban J connectivity index is 1.86. The van der Waals surface area contributed by atoms with E-state index in [9.17, 15) is 9.59 Å². The maximum Gasteiger partial charge on any atom is 0.327 e. The summed E-state index contributed by atoms with van der Waals surface area (Å²) in [7, 11) is 0. The van der Waals surface area contributed by atoms with Crippen LogP contribution in [-0.2, 0) is 22.7 Å². The van der Waals surface area contributed by atoms with Gasteiger partial charge in [0.25, 0.3) is 0 Å². The van der Waals surface area contributed by atoms with Crippen LogP contribution in [0, 0.1) is 0 Å². The topological polar surface area (TPSA) is 69.6 Å². The number of aliphatic carboxylic acids is 1. The summed E-state index contributed by atoms with van der Waals surface area (Å²) in [6, 6.07) is 7.27. The van der Waals surface area contributed by atoms with Gasteiger partial charge in [0.1, 0.15) is 6.04 Å². The van der Waals surface area contributed by atoms with Crippen LogP contribution in [0.3, 0.4) is 0 Å². The van der Waals surface area contributed by atoms with Crippen molar-refractivity contribution in [1.82, 2.24) is 10.2 Å². The number of carboxylic acids is 1. The van der Waals surface area contributed by atoms with Crippen molar-refractivity contribution in [3.63, 3.8) is 0 Å². The van der Waals surface area contributed by atoms with Gasteiger partial charge in [0.15, 0.2) is 0 Å². The predicted molar refractivity (Wildman–Crippen MR) is 78.5 cm³/mol. The average molecular weight is 294 g/mol. The molecule has 0 saturated carbocycles. The van der Waals surface area contributed by atoms with E-state index >= 15 is 0 Å². The first-order chi connectivity index (χ1) is 9.60. The number of carbonyl (C=O) groups excluding carboxylic acids is 1. The molecule has 6 heteroatoms. The summed E-state index contributed by atoms with van der Waals surface area (Å²) in [5.74, 6) is -0.849. The molecule has 108 valence electrons. The summed E-state index contributed by atoms with van der Waals surface area (Å²) in [6.07, 6.45) is 1.82. The minimum absolute atomic E-state index is 0.229. The van der Waals surface area contributed by atoms with E-state index in [1.54, 1.807) is 0 Å². The molecule has 1 atom stereocenters. The van der Waals surface area contributed by atoms with E-state index in [2.05, 4.69) is 17.4 Å². The number of amides is 1. The van der Waals surface area contributed by atoms with Crippen LogP contribution < -0.4 is 5.32 Å². The van der Waals surface area contributed by atoms with Gasteiger partial charge in [0.05, 0.1) is 6.54 Å². The number of thioether (sulfide) groups is 1. The monoisotopic (exact) mass is 294 g/mol. The van der Waals surface area contributed by atoms with Crippen LogP contribution in [0.25, 0.3) is 0 Å². The summed E-state index contributed by atoms with van der Waals surface area (Å²) in [6.45, 7) is 1.71. The molecule has 0 aromatic heterocycles. The Hall–Kier alpha value is -1.53. The lowest BCUT2D eigenvalue weighted by Crippen LogP contribution is -2.46. The lowest BCUT2D eigenvalue weighted by molar-refractivity contribution is -0.141. The average Bonchev–Trinajstić information content (AvgIpc) is 2.79. The van der Waals surface area contributed by atoms with E-state index in [1.165, 1.54) is 22.9 Å². The van der Waals surface area contributed by atoms with Crippen molar-refractivity contribution < 1.29 is 14.7 Å². The SMILES string of the molecule is CSC[C@H](NC(=O)CN1Cc2ccccc2C1)C(=O)O. The Morgan fingerprint density at radius 3 is 2.45 bits per heavy atom. The zero-order valence-electron chi connectivity index (χ0n) is 11.3. The normalized spacial score (nSPS) is 15.7. The molecule has 2 rings (SSSR count). The molecule has 0 fully saturated rings. The first-order valence-electron chi connectivity index (χ1n) is 6.40. The Kier molecular flexibility index (Phi) is 5.03. The highest BCUT2D eigenvalue weighted by Crippen LogP contribution is 2.21. The number of benzene rings is 1. The van der Waals surface area contributed by atoms with E-state index in [0.29, 0.717) is 5.75 Å². The van der Waals surface area contributed by atoms with E-state index in [1.807, 2.05) is 23.3 Å². The molecule has 20 heavy (non-hydrogen) atoms. The third-order valence-electron chi connectivity index (χ3n) is 3.24. The largest absolute Gasteiger partial charge is 0.480 e. The standard InChI is InChI=1S/C14H18N2O3S/c1-20-9-12(14(18)19)15-13(17)8-16-6-10-4-2-3-5-11(10)7-16/h2-5,12H,6-9H2,1H3,(H,15,17)(H,18,19)/t12-/m0/s1. The van der Waals surface area contributed by atoms with Gasteiger partial charge in [-0.25, -0.2) is 4.79 Å². The van der Waals surface area contributed by atoms with Gasteiger partial charge in [-0.3, -0.25) is 9.69 Å². The molecule has 0 bridgehead atoms. The second-order valence-electron chi connectivity index (χ2n) is 4.83. The molecule has 1 aliphatic heterocycles. The van der Waals surface area contributed by atoms with Crippen LogP contribution in [0.15, 0.2) is 24.3 Å². The maximum atomic E-state index is 11.9. The van der Waals surface area contributed by atoms with Crippen LogP contribution in [0.1, 0.15) is 11.1 Å². The third-order valence-corrected chi connectivity index (χ3v) is 3.91. The molecule has 1 heterocycles. The molecular weight excluding hydrogens is 276 g/mol. The lowest BCUT2D eigenvalue weighted by Gasteiger charge is -2.17. The summed E-state index contributed by atoms with van der Waals surface area (Å²) in [5.41, 5.74) is 2.47. The van der Waals surface area contributed by atoms with Gasteiger partial charge >= 0.3 is 5.97 Å². The zero-order valence-corrected chi connectivity index (χ0v) is 12.2. The van der Waals surface area contributed by atoms with Crippen molar-refractivity contribution in [2.75, 3.05) is 18.6 Å². The fraction of sp³-hybridized carbons (Fsp3) is 0.429. The fourth-order valence-corrected chi connectivity index (χ4v) is 2.86. The molecule has 0 saturated heterocycles. The van der Waals surface area contributed by atoms with E-state index in [0.717, 1.165) is 13.1 Å². The van der Waals surface area contributed by atoms with Gasteiger partial charge in [-0.15, -0.1) is 0 Å². The fourth-order valence-electron chi connectivity index (χ4n) is 2.30. The number of rotatable bonds is 6. The number of nitrogens with one attached hydrogen (secondary N) is 1. The van der Waals surface area contributed by atoms with Gasteiger partial charge in [0.2, 0.25) is 5.91 Å². The quantitative estimate of drug-likeness (QED) is 0.817. The zero-order chi connectivity index (χ0) is 14.5. The molecule has 1 aliphatic rings. The van der Waals surface area contributed by atoms with E-state index < -0.39 is 12.0 Å². The molecule has 1 aromatic rings. The first-order valence-corrected chi connectivity index (χ1v) is 7.79. The highest BCUT2D eigenvalue weighted by atomic mass is 32.2. The molecule has 0 aliphatic carbocycles. The van der Waals surface area contributed by atoms with Crippen molar-refractivity contribution >= 4 is 23.6 Å². The van der Waals surface area contributed by atoms with Gasteiger partial charge in [0, 0.05) is 18.8 Å².